The van der Waals surface area contributed by atoms with E-state index >= 15 is 0 Å². The van der Waals surface area contributed by atoms with Gasteiger partial charge in [-0.25, -0.2) is 0 Å². The highest BCUT2D eigenvalue weighted by Crippen LogP contribution is 2.12. The van der Waals surface area contributed by atoms with Crippen molar-refractivity contribution in [2.45, 2.75) is 34.2 Å². The zero-order valence-corrected chi connectivity index (χ0v) is 15.1. The zero-order valence-electron chi connectivity index (χ0n) is 14.3. The lowest BCUT2D eigenvalue weighted by molar-refractivity contribution is -0.128. The number of hydrogen-bond donors (Lipinski definition) is 2. The Morgan fingerprint density at radius 1 is 1.36 bits per heavy atom. The van der Waals surface area contributed by atoms with Gasteiger partial charge >= 0.3 is 0 Å². The molecule has 5 nitrogen and oxygen atoms in total. The fourth-order valence-electron chi connectivity index (χ4n) is 1.80. The predicted molar refractivity (Wildman–Crippen MR) is 94.2 cm³/mol. The van der Waals surface area contributed by atoms with E-state index in [-0.39, 0.29) is 11.3 Å². The van der Waals surface area contributed by atoms with Crippen LogP contribution in [0.5, 0.6) is 0 Å². The molecule has 0 aromatic carbocycles. The van der Waals surface area contributed by atoms with Crippen molar-refractivity contribution in [3.63, 3.8) is 0 Å². The number of aliphatic imine (C=N–C) groups is 1. The second kappa shape index (κ2) is 8.78. The normalized spacial score (nSPS) is 12.1. The first-order chi connectivity index (χ1) is 10.3. The van der Waals surface area contributed by atoms with E-state index in [2.05, 4.69) is 44.3 Å². The van der Waals surface area contributed by atoms with Crippen LogP contribution in [0.4, 0.5) is 0 Å². The van der Waals surface area contributed by atoms with Gasteiger partial charge < -0.3 is 15.5 Å². The molecule has 0 fully saturated rings. The lowest BCUT2D eigenvalue weighted by Gasteiger charge is -2.22. The Kier molecular flexibility index (Phi) is 7.38. The molecule has 1 rings (SSSR count). The van der Waals surface area contributed by atoms with Gasteiger partial charge in [-0.3, -0.25) is 9.79 Å². The third kappa shape index (κ3) is 6.47. The highest BCUT2D eigenvalue weighted by Gasteiger charge is 2.20. The second-order valence-corrected chi connectivity index (χ2v) is 7.01. The van der Waals surface area contributed by atoms with Crippen molar-refractivity contribution in [3.8, 4) is 0 Å². The molecule has 1 heterocycles. The summed E-state index contributed by atoms with van der Waals surface area (Å²) >= 11 is 1.70. The molecule has 0 bridgehead atoms. The van der Waals surface area contributed by atoms with Crippen LogP contribution in [0.2, 0.25) is 0 Å². The van der Waals surface area contributed by atoms with Crippen LogP contribution >= 0.6 is 11.3 Å². The van der Waals surface area contributed by atoms with Crippen molar-refractivity contribution >= 4 is 23.2 Å². The third-order valence-corrected chi connectivity index (χ3v) is 3.77. The summed E-state index contributed by atoms with van der Waals surface area (Å²) in [6.45, 7) is 10.5. The average Bonchev–Trinajstić information content (AvgIpc) is 2.93. The Bertz CT molecular complexity index is 477. The Labute approximate surface area is 137 Å². The molecular formula is C16H28N4OS. The fraction of sp³-hybridized carbons (Fsp3) is 0.625. The first-order valence-corrected chi connectivity index (χ1v) is 8.57. The minimum absolute atomic E-state index is 0.0549. The van der Waals surface area contributed by atoms with Crippen molar-refractivity contribution in [1.82, 2.24) is 15.5 Å². The minimum atomic E-state index is -0.357. The maximum Gasteiger partial charge on any atom is 0.225 e. The van der Waals surface area contributed by atoms with E-state index in [1.165, 1.54) is 5.56 Å². The van der Waals surface area contributed by atoms with Gasteiger partial charge in [-0.1, -0.05) is 20.8 Å². The van der Waals surface area contributed by atoms with E-state index in [1.807, 2.05) is 27.8 Å². The Morgan fingerprint density at radius 2 is 2.09 bits per heavy atom. The standard InChI is InChI=1S/C16H28N4OS/c1-6-17-15(20(5)11-13-7-10-22-12-13)19-9-8-18-14(21)16(2,3)4/h7,10,12H,6,8-9,11H2,1-5H3,(H,17,19)(H,18,21). The molecular weight excluding hydrogens is 296 g/mol. The van der Waals surface area contributed by atoms with Crippen molar-refractivity contribution in [3.05, 3.63) is 22.4 Å². The summed E-state index contributed by atoms with van der Waals surface area (Å²) < 4.78 is 0. The summed E-state index contributed by atoms with van der Waals surface area (Å²) in [5.41, 5.74) is 0.920. The molecule has 0 unspecified atom stereocenters. The number of guanidine groups is 1. The molecule has 1 aromatic heterocycles. The maximum atomic E-state index is 11.8. The molecule has 0 radical (unpaired) electrons. The Hall–Kier alpha value is -1.56. The molecule has 0 aliphatic rings. The number of nitrogens with zero attached hydrogens (tertiary/aromatic N) is 2. The largest absolute Gasteiger partial charge is 0.357 e. The van der Waals surface area contributed by atoms with Gasteiger partial charge in [0.15, 0.2) is 5.96 Å². The monoisotopic (exact) mass is 324 g/mol. The molecule has 1 aromatic rings. The van der Waals surface area contributed by atoms with Gasteiger partial charge in [0.2, 0.25) is 5.91 Å². The van der Waals surface area contributed by atoms with Crippen molar-refractivity contribution in [2.24, 2.45) is 10.4 Å². The lowest BCUT2D eigenvalue weighted by atomic mass is 9.96. The van der Waals surface area contributed by atoms with Gasteiger partial charge in [-0.05, 0) is 29.3 Å². The summed E-state index contributed by atoms with van der Waals surface area (Å²) in [6, 6.07) is 2.12. The molecule has 2 N–H and O–H groups in total. The fourth-order valence-corrected chi connectivity index (χ4v) is 2.46. The zero-order chi connectivity index (χ0) is 16.6. The highest BCUT2D eigenvalue weighted by atomic mass is 32.1. The molecule has 6 heteroatoms. The van der Waals surface area contributed by atoms with Crippen LogP contribution in [0.25, 0.3) is 0 Å². The molecule has 0 saturated carbocycles. The summed E-state index contributed by atoms with van der Waals surface area (Å²) in [5.74, 6) is 0.915. The van der Waals surface area contributed by atoms with Gasteiger partial charge in [0.1, 0.15) is 0 Å². The molecule has 0 atom stereocenters. The number of rotatable bonds is 6. The Balaban J connectivity index is 2.49. The van der Waals surface area contributed by atoms with Crippen LogP contribution in [-0.4, -0.2) is 43.4 Å². The van der Waals surface area contributed by atoms with Gasteiger partial charge in [0.05, 0.1) is 6.54 Å². The first kappa shape index (κ1) is 18.5. The maximum absolute atomic E-state index is 11.8. The number of amides is 1. The molecule has 1 amide bonds. The van der Waals surface area contributed by atoms with E-state index < -0.39 is 0 Å². The van der Waals surface area contributed by atoms with Crippen LogP contribution in [-0.2, 0) is 11.3 Å². The number of carbonyl (C=O) groups is 1. The van der Waals surface area contributed by atoms with Crippen LogP contribution < -0.4 is 10.6 Å². The van der Waals surface area contributed by atoms with E-state index in [4.69, 9.17) is 0 Å². The van der Waals surface area contributed by atoms with Crippen LogP contribution in [0.1, 0.15) is 33.3 Å². The van der Waals surface area contributed by atoms with E-state index in [0.29, 0.717) is 13.1 Å². The number of thiophene rings is 1. The summed E-state index contributed by atoms with van der Waals surface area (Å²) in [4.78, 5) is 18.5. The SMILES string of the molecule is CCNC(=NCCNC(=O)C(C)(C)C)N(C)Cc1ccsc1. The smallest absolute Gasteiger partial charge is 0.225 e. The van der Waals surface area contributed by atoms with Gasteiger partial charge in [-0.2, -0.15) is 11.3 Å². The first-order valence-electron chi connectivity index (χ1n) is 7.63. The van der Waals surface area contributed by atoms with E-state index in [9.17, 15) is 4.79 Å². The van der Waals surface area contributed by atoms with E-state index in [1.54, 1.807) is 11.3 Å². The van der Waals surface area contributed by atoms with E-state index in [0.717, 1.165) is 19.0 Å². The van der Waals surface area contributed by atoms with Crippen molar-refractivity contribution in [2.75, 3.05) is 26.7 Å². The summed E-state index contributed by atoms with van der Waals surface area (Å²) in [7, 11) is 2.02. The molecule has 0 saturated heterocycles. The predicted octanol–water partition coefficient (Wildman–Crippen LogP) is 2.31. The summed E-state index contributed by atoms with van der Waals surface area (Å²) in [5, 5.41) is 10.4. The highest BCUT2D eigenvalue weighted by molar-refractivity contribution is 7.07. The molecule has 0 aliphatic heterocycles. The molecule has 22 heavy (non-hydrogen) atoms. The van der Waals surface area contributed by atoms with Crippen molar-refractivity contribution in [1.29, 1.82) is 0 Å². The number of hydrogen-bond acceptors (Lipinski definition) is 3. The third-order valence-electron chi connectivity index (χ3n) is 3.04. The summed E-state index contributed by atoms with van der Waals surface area (Å²) in [6.07, 6.45) is 0. The second-order valence-electron chi connectivity index (χ2n) is 6.23. The van der Waals surface area contributed by atoms with Crippen LogP contribution in [0.15, 0.2) is 21.8 Å². The van der Waals surface area contributed by atoms with Crippen LogP contribution in [0, 0.1) is 5.41 Å². The van der Waals surface area contributed by atoms with Crippen molar-refractivity contribution < 1.29 is 4.79 Å². The van der Waals surface area contributed by atoms with Gasteiger partial charge in [-0.15, -0.1) is 0 Å². The molecule has 0 spiro atoms. The molecule has 124 valence electrons. The quantitative estimate of drug-likeness (QED) is 0.480. The lowest BCUT2D eigenvalue weighted by Crippen LogP contribution is -2.40. The van der Waals surface area contributed by atoms with Gasteiger partial charge in [0.25, 0.3) is 0 Å². The molecule has 0 aliphatic carbocycles. The van der Waals surface area contributed by atoms with Crippen LogP contribution in [0.3, 0.4) is 0 Å². The topological polar surface area (TPSA) is 56.7 Å². The number of carbonyl (C=O) groups excluding carboxylic acids is 1. The number of nitrogens with one attached hydrogen (secondary N) is 2. The average molecular weight is 324 g/mol. The Morgan fingerprint density at radius 3 is 2.64 bits per heavy atom. The van der Waals surface area contributed by atoms with Gasteiger partial charge in [0, 0.05) is 32.1 Å². The minimum Gasteiger partial charge on any atom is -0.357 e.